The Labute approximate surface area is 272 Å². The van der Waals surface area contributed by atoms with Gasteiger partial charge in [0.15, 0.2) is 13.3 Å². The van der Waals surface area contributed by atoms with Gasteiger partial charge in [0.25, 0.3) is 0 Å². The molecule has 2 rings (SSSR count). The Morgan fingerprint density at radius 3 is 1.55 bits per heavy atom. The number of likely N-dealkylation sites (tertiary alicyclic amines) is 2. The summed E-state index contributed by atoms with van der Waals surface area (Å²) in [6.07, 6.45) is 22.0. The fraction of sp³-hybridized carbons (Fsp3) is 0.939. The standard InChI is InChI=1S/C33H66N4O3.2ClH/c1-5-6-7-8-9-10-11-12-13-14-15-16-28-40-29-20-27-37(4,31-35-24-18-22-33(35)39)26-19-25-36(2,3)30-34-23-17-21-32(34)38;;/h5-31H2,1-4H3;2*1H/q+2;;/p-2. The molecule has 0 aliphatic carbocycles. The fourth-order valence-electron chi connectivity index (χ4n) is 6.48. The Morgan fingerprint density at radius 1 is 0.595 bits per heavy atom. The van der Waals surface area contributed by atoms with E-state index in [9.17, 15) is 9.59 Å². The van der Waals surface area contributed by atoms with E-state index in [1.165, 1.54) is 77.0 Å². The van der Waals surface area contributed by atoms with Gasteiger partial charge in [-0.15, -0.1) is 0 Å². The molecular formula is C33H66Cl2N4O3. The van der Waals surface area contributed by atoms with Crippen molar-refractivity contribution >= 4 is 11.8 Å². The van der Waals surface area contributed by atoms with Crippen LogP contribution in [0.5, 0.6) is 0 Å². The highest BCUT2D eigenvalue weighted by Crippen LogP contribution is 2.18. The zero-order valence-electron chi connectivity index (χ0n) is 27.9. The number of amides is 2. The molecule has 250 valence electrons. The average Bonchev–Trinajstić information content (AvgIpc) is 3.50. The van der Waals surface area contributed by atoms with E-state index in [0.29, 0.717) is 24.7 Å². The van der Waals surface area contributed by atoms with Gasteiger partial charge in [0.2, 0.25) is 11.8 Å². The van der Waals surface area contributed by atoms with Crippen LogP contribution in [-0.4, -0.2) is 111 Å². The molecule has 0 N–H and O–H groups in total. The van der Waals surface area contributed by atoms with Gasteiger partial charge in [-0.25, -0.2) is 0 Å². The zero-order chi connectivity index (χ0) is 29.1. The van der Waals surface area contributed by atoms with Gasteiger partial charge in [-0.1, -0.05) is 77.6 Å². The lowest BCUT2D eigenvalue weighted by Gasteiger charge is -2.39. The Balaban J connectivity index is 0.00000840. The van der Waals surface area contributed by atoms with Gasteiger partial charge in [0.05, 0.1) is 47.4 Å². The maximum Gasteiger partial charge on any atom is 0.226 e. The number of carbonyl (C=O) groups excluding carboxylic acids is 2. The molecule has 2 saturated heterocycles. The van der Waals surface area contributed by atoms with E-state index in [1.807, 2.05) is 4.90 Å². The highest BCUT2D eigenvalue weighted by Gasteiger charge is 2.32. The van der Waals surface area contributed by atoms with Gasteiger partial charge in [0, 0.05) is 45.4 Å². The monoisotopic (exact) mass is 636 g/mol. The number of carbonyl (C=O) groups is 2. The Hall–Kier alpha value is -0.600. The van der Waals surface area contributed by atoms with Crippen LogP contribution in [0.1, 0.15) is 122 Å². The molecule has 7 nitrogen and oxygen atoms in total. The van der Waals surface area contributed by atoms with E-state index in [4.69, 9.17) is 4.74 Å². The lowest BCUT2D eigenvalue weighted by Crippen LogP contribution is -3.00. The summed E-state index contributed by atoms with van der Waals surface area (Å²) in [5.41, 5.74) is 0. The highest BCUT2D eigenvalue weighted by molar-refractivity contribution is 5.78. The summed E-state index contributed by atoms with van der Waals surface area (Å²) in [5, 5.41) is 0. The lowest BCUT2D eigenvalue weighted by atomic mass is 10.1. The molecular weight excluding hydrogens is 571 g/mol. The summed E-state index contributed by atoms with van der Waals surface area (Å²) >= 11 is 0. The smallest absolute Gasteiger partial charge is 0.226 e. The van der Waals surface area contributed by atoms with Crippen LogP contribution in [0.25, 0.3) is 0 Å². The molecule has 9 heteroatoms. The van der Waals surface area contributed by atoms with Crippen molar-refractivity contribution < 1.29 is 48.1 Å². The molecule has 1 atom stereocenters. The van der Waals surface area contributed by atoms with Crippen LogP contribution in [-0.2, 0) is 14.3 Å². The number of halogens is 2. The van der Waals surface area contributed by atoms with E-state index < -0.39 is 0 Å². The molecule has 2 aliphatic rings. The molecule has 2 amide bonds. The van der Waals surface area contributed by atoms with Crippen LogP contribution in [0.15, 0.2) is 0 Å². The van der Waals surface area contributed by atoms with Crippen molar-refractivity contribution in [1.82, 2.24) is 9.80 Å². The summed E-state index contributed by atoms with van der Waals surface area (Å²) < 4.78 is 7.77. The third kappa shape index (κ3) is 18.3. The maximum absolute atomic E-state index is 12.4. The summed E-state index contributed by atoms with van der Waals surface area (Å²) in [6, 6.07) is 0. The summed E-state index contributed by atoms with van der Waals surface area (Å²) in [6.45, 7) is 10.6. The largest absolute Gasteiger partial charge is 1.00 e. The van der Waals surface area contributed by atoms with Gasteiger partial charge in [0.1, 0.15) is 0 Å². The van der Waals surface area contributed by atoms with Gasteiger partial charge >= 0.3 is 0 Å². The predicted molar refractivity (Wildman–Crippen MR) is 166 cm³/mol. The zero-order valence-corrected chi connectivity index (χ0v) is 29.4. The van der Waals surface area contributed by atoms with Crippen molar-refractivity contribution in [3.63, 3.8) is 0 Å². The minimum atomic E-state index is 0. The number of rotatable bonds is 25. The van der Waals surface area contributed by atoms with E-state index in [2.05, 4.69) is 33.0 Å². The fourth-order valence-corrected chi connectivity index (χ4v) is 6.48. The molecule has 1 unspecified atom stereocenters. The number of quaternary nitrogens is 2. The van der Waals surface area contributed by atoms with Crippen LogP contribution in [0.4, 0.5) is 0 Å². The van der Waals surface area contributed by atoms with E-state index in [-0.39, 0.29) is 24.8 Å². The predicted octanol–water partition coefficient (Wildman–Crippen LogP) is 0.175. The second-order valence-corrected chi connectivity index (χ2v) is 13.7. The summed E-state index contributed by atoms with van der Waals surface area (Å²) in [5.74, 6) is 0.624. The molecule has 2 aliphatic heterocycles. The maximum atomic E-state index is 12.4. The molecule has 0 bridgehead atoms. The first-order valence-electron chi connectivity index (χ1n) is 17.0. The van der Waals surface area contributed by atoms with Crippen molar-refractivity contribution in [2.75, 3.05) is 80.4 Å². The second-order valence-electron chi connectivity index (χ2n) is 13.7. The number of hydrogen-bond acceptors (Lipinski definition) is 3. The molecule has 42 heavy (non-hydrogen) atoms. The quantitative estimate of drug-likeness (QED) is 0.106. The minimum absolute atomic E-state index is 0. The number of unbranched alkanes of at least 4 members (excludes halogenated alkanes) is 11. The first kappa shape index (κ1) is 41.4. The minimum Gasteiger partial charge on any atom is -1.00 e. The molecule has 0 spiro atoms. The van der Waals surface area contributed by atoms with Crippen LogP contribution in [0, 0.1) is 0 Å². The van der Waals surface area contributed by atoms with Crippen molar-refractivity contribution in [3.8, 4) is 0 Å². The van der Waals surface area contributed by atoms with E-state index in [0.717, 1.165) is 93.9 Å². The first-order chi connectivity index (χ1) is 19.2. The van der Waals surface area contributed by atoms with Crippen molar-refractivity contribution in [1.29, 1.82) is 0 Å². The third-order valence-corrected chi connectivity index (χ3v) is 9.00. The number of nitrogens with zero attached hydrogens (tertiary/aromatic N) is 4. The van der Waals surface area contributed by atoms with Crippen LogP contribution in [0.2, 0.25) is 0 Å². The second kappa shape index (κ2) is 23.7. The van der Waals surface area contributed by atoms with Crippen LogP contribution in [0.3, 0.4) is 0 Å². The van der Waals surface area contributed by atoms with Gasteiger partial charge in [-0.05, 0) is 19.3 Å². The lowest BCUT2D eigenvalue weighted by molar-refractivity contribution is -0.929. The van der Waals surface area contributed by atoms with Crippen molar-refractivity contribution in [2.45, 2.75) is 122 Å². The van der Waals surface area contributed by atoms with Crippen molar-refractivity contribution in [2.24, 2.45) is 0 Å². The summed E-state index contributed by atoms with van der Waals surface area (Å²) in [7, 11) is 6.80. The highest BCUT2D eigenvalue weighted by atomic mass is 35.5. The van der Waals surface area contributed by atoms with Crippen LogP contribution >= 0.6 is 0 Å². The molecule has 0 radical (unpaired) electrons. The molecule has 2 heterocycles. The molecule has 0 aromatic heterocycles. The third-order valence-electron chi connectivity index (χ3n) is 9.00. The van der Waals surface area contributed by atoms with Crippen molar-refractivity contribution in [3.05, 3.63) is 0 Å². The molecule has 0 aromatic carbocycles. The SMILES string of the molecule is CCCCCCCCCCCCCCOCCC[N+](C)(CCC[N+](C)(C)CN1CCCC1=O)CN1CCCC1=O.[Cl-].[Cl-]. The van der Waals surface area contributed by atoms with E-state index in [1.54, 1.807) is 0 Å². The summed E-state index contributed by atoms with van der Waals surface area (Å²) in [4.78, 5) is 28.6. The Morgan fingerprint density at radius 2 is 1.05 bits per heavy atom. The number of hydrogen-bond donors (Lipinski definition) is 0. The average molecular weight is 638 g/mol. The molecule has 0 aromatic rings. The number of ether oxygens (including phenoxy) is 1. The Bertz CT molecular complexity index is 713. The van der Waals surface area contributed by atoms with E-state index >= 15 is 0 Å². The molecule has 2 fully saturated rings. The molecule has 0 saturated carbocycles. The Kier molecular flexibility index (Phi) is 23.4. The van der Waals surface area contributed by atoms with Crippen LogP contribution < -0.4 is 24.8 Å². The first-order valence-corrected chi connectivity index (χ1v) is 17.0. The van der Waals surface area contributed by atoms with Gasteiger partial charge in [-0.2, -0.15) is 0 Å². The van der Waals surface area contributed by atoms with Gasteiger partial charge < -0.3 is 38.5 Å². The van der Waals surface area contributed by atoms with Gasteiger partial charge in [-0.3, -0.25) is 19.4 Å². The normalized spacial score (nSPS) is 17.0. The topological polar surface area (TPSA) is 49.9 Å².